The van der Waals surface area contributed by atoms with Crippen LogP contribution >= 0.6 is 11.3 Å². The standard InChI is InChI=1S/C18H18FN3O2S/c1-18(2,3)22-16(11-4-6-12(19)7-5-11)14(10-21-22)17-20-9-13(25-17)8-15(23)24/h4-7,9-10H,8H2,1-3H3,(H,23,24). The summed E-state index contributed by atoms with van der Waals surface area (Å²) in [6, 6.07) is 6.25. The van der Waals surface area contributed by atoms with Crippen molar-refractivity contribution in [1.29, 1.82) is 0 Å². The van der Waals surface area contributed by atoms with Crippen LogP contribution in [0.25, 0.3) is 21.8 Å². The third kappa shape index (κ3) is 3.61. The van der Waals surface area contributed by atoms with Crippen molar-refractivity contribution in [3.63, 3.8) is 0 Å². The lowest BCUT2D eigenvalue weighted by Crippen LogP contribution is -2.24. The maximum Gasteiger partial charge on any atom is 0.308 e. The first-order chi connectivity index (χ1) is 11.8. The second-order valence-corrected chi connectivity index (χ2v) is 7.81. The Morgan fingerprint density at radius 2 is 1.92 bits per heavy atom. The summed E-state index contributed by atoms with van der Waals surface area (Å²) in [5.74, 6) is -1.19. The first kappa shape index (κ1) is 17.3. The molecule has 1 aromatic carbocycles. The van der Waals surface area contributed by atoms with E-state index in [2.05, 4.69) is 10.1 Å². The molecule has 25 heavy (non-hydrogen) atoms. The van der Waals surface area contributed by atoms with Crippen LogP contribution in [0.1, 0.15) is 25.6 Å². The molecule has 7 heteroatoms. The van der Waals surface area contributed by atoms with E-state index in [0.29, 0.717) is 9.88 Å². The summed E-state index contributed by atoms with van der Waals surface area (Å²) in [4.78, 5) is 15.9. The maximum atomic E-state index is 13.3. The van der Waals surface area contributed by atoms with E-state index < -0.39 is 5.97 Å². The topological polar surface area (TPSA) is 68.0 Å². The van der Waals surface area contributed by atoms with Crippen molar-refractivity contribution in [3.05, 3.63) is 47.4 Å². The van der Waals surface area contributed by atoms with Crippen molar-refractivity contribution >= 4 is 17.3 Å². The highest BCUT2D eigenvalue weighted by Crippen LogP contribution is 2.37. The molecule has 0 aliphatic heterocycles. The van der Waals surface area contributed by atoms with Crippen LogP contribution < -0.4 is 0 Å². The van der Waals surface area contributed by atoms with Gasteiger partial charge in [0, 0.05) is 16.6 Å². The number of benzene rings is 1. The minimum Gasteiger partial charge on any atom is -0.481 e. The predicted molar refractivity (Wildman–Crippen MR) is 95.1 cm³/mol. The van der Waals surface area contributed by atoms with Crippen molar-refractivity contribution in [1.82, 2.24) is 14.8 Å². The predicted octanol–water partition coefficient (Wildman–Crippen LogP) is 4.19. The molecule has 5 nitrogen and oxygen atoms in total. The van der Waals surface area contributed by atoms with Gasteiger partial charge in [-0.2, -0.15) is 5.10 Å². The summed E-state index contributed by atoms with van der Waals surface area (Å²) in [6.45, 7) is 6.11. The Labute approximate surface area is 148 Å². The Hall–Kier alpha value is -2.54. The largest absolute Gasteiger partial charge is 0.481 e. The molecule has 0 radical (unpaired) electrons. The monoisotopic (exact) mass is 359 g/mol. The average molecular weight is 359 g/mol. The summed E-state index contributed by atoms with van der Waals surface area (Å²) < 4.78 is 15.2. The summed E-state index contributed by atoms with van der Waals surface area (Å²) in [5.41, 5.74) is 2.20. The number of nitrogens with zero attached hydrogens (tertiary/aromatic N) is 3. The van der Waals surface area contributed by atoms with Crippen molar-refractivity contribution in [2.45, 2.75) is 32.7 Å². The van der Waals surface area contributed by atoms with Gasteiger partial charge in [-0.05, 0) is 45.0 Å². The number of carboxylic acids is 1. The van der Waals surface area contributed by atoms with Crippen LogP contribution in [0, 0.1) is 5.82 Å². The van der Waals surface area contributed by atoms with Gasteiger partial charge in [-0.25, -0.2) is 9.37 Å². The Kier molecular flexibility index (Phi) is 4.43. The normalized spacial score (nSPS) is 11.7. The van der Waals surface area contributed by atoms with Gasteiger partial charge in [-0.1, -0.05) is 0 Å². The molecule has 0 aliphatic carbocycles. The fourth-order valence-corrected chi connectivity index (χ4v) is 3.48. The smallest absolute Gasteiger partial charge is 0.308 e. The van der Waals surface area contributed by atoms with Gasteiger partial charge >= 0.3 is 5.97 Å². The molecule has 0 saturated carbocycles. The fourth-order valence-electron chi connectivity index (χ4n) is 2.56. The van der Waals surface area contributed by atoms with Crippen LogP contribution in [0.2, 0.25) is 0 Å². The molecule has 1 N–H and O–H groups in total. The third-order valence-electron chi connectivity index (χ3n) is 3.63. The zero-order valence-corrected chi connectivity index (χ0v) is 15.0. The van der Waals surface area contributed by atoms with Gasteiger partial charge in [0.25, 0.3) is 0 Å². The summed E-state index contributed by atoms with van der Waals surface area (Å²) >= 11 is 1.33. The maximum absolute atomic E-state index is 13.3. The van der Waals surface area contributed by atoms with E-state index in [1.54, 1.807) is 24.5 Å². The number of aliphatic carboxylic acids is 1. The van der Waals surface area contributed by atoms with Gasteiger partial charge in [0.05, 0.1) is 29.4 Å². The quantitative estimate of drug-likeness (QED) is 0.758. The average Bonchev–Trinajstić information content (AvgIpc) is 3.13. The SMILES string of the molecule is CC(C)(C)n1ncc(-c2ncc(CC(=O)O)s2)c1-c1ccc(F)cc1. The number of hydrogen-bond acceptors (Lipinski definition) is 4. The lowest BCUT2D eigenvalue weighted by molar-refractivity contribution is -0.136. The number of aromatic nitrogens is 3. The Bertz CT molecular complexity index is 907. The van der Waals surface area contributed by atoms with E-state index in [-0.39, 0.29) is 17.8 Å². The number of halogens is 1. The van der Waals surface area contributed by atoms with E-state index in [9.17, 15) is 9.18 Å². The molecular weight excluding hydrogens is 341 g/mol. The van der Waals surface area contributed by atoms with Crippen molar-refractivity contribution in [3.8, 4) is 21.8 Å². The van der Waals surface area contributed by atoms with E-state index in [1.807, 2.05) is 25.5 Å². The fraction of sp³-hybridized carbons (Fsp3) is 0.278. The molecule has 0 saturated heterocycles. The first-order valence-electron chi connectivity index (χ1n) is 7.77. The van der Waals surface area contributed by atoms with Crippen LogP contribution in [0.15, 0.2) is 36.7 Å². The Morgan fingerprint density at radius 1 is 1.24 bits per heavy atom. The number of hydrogen-bond donors (Lipinski definition) is 1. The molecule has 2 aromatic heterocycles. The number of carboxylic acid groups (broad SMARTS) is 1. The zero-order chi connectivity index (χ0) is 18.2. The van der Waals surface area contributed by atoms with E-state index in [4.69, 9.17) is 5.11 Å². The van der Waals surface area contributed by atoms with Gasteiger partial charge in [0.2, 0.25) is 0 Å². The summed E-state index contributed by atoms with van der Waals surface area (Å²) in [5, 5.41) is 14.1. The highest BCUT2D eigenvalue weighted by Gasteiger charge is 2.24. The minimum absolute atomic E-state index is 0.0586. The molecular formula is C18H18FN3O2S. The van der Waals surface area contributed by atoms with Crippen LogP contribution in [0.5, 0.6) is 0 Å². The number of rotatable bonds is 4. The molecule has 0 amide bonds. The zero-order valence-electron chi connectivity index (χ0n) is 14.2. The second-order valence-electron chi connectivity index (χ2n) is 6.70. The van der Waals surface area contributed by atoms with Crippen molar-refractivity contribution < 1.29 is 14.3 Å². The molecule has 0 unspecified atom stereocenters. The van der Waals surface area contributed by atoms with Crippen LogP contribution in [-0.4, -0.2) is 25.8 Å². The van der Waals surface area contributed by atoms with Gasteiger partial charge in [-0.15, -0.1) is 11.3 Å². The molecule has 130 valence electrons. The van der Waals surface area contributed by atoms with Gasteiger partial charge in [-0.3, -0.25) is 9.48 Å². The summed E-state index contributed by atoms with van der Waals surface area (Å²) in [6.07, 6.45) is 3.25. The molecule has 3 rings (SSSR count). The first-order valence-corrected chi connectivity index (χ1v) is 8.58. The van der Waals surface area contributed by atoms with E-state index in [1.165, 1.54) is 23.5 Å². The highest BCUT2D eigenvalue weighted by atomic mass is 32.1. The molecule has 2 heterocycles. The summed E-state index contributed by atoms with van der Waals surface area (Å²) in [7, 11) is 0. The molecule has 0 aliphatic rings. The van der Waals surface area contributed by atoms with Crippen LogP contribution in [0.4, 0.5) is 4.39 Å². The molecule has 0 atom stereocenters. The van der Waals surface area contributed by atoms with Crippen LogP contribution in [0.3, 0.4) is 0 Å². The lowest BCUT2D eigenvalue weighted by Gasteiger charge is -2.23. The number of carbonyl (C=O) groups is 1. The van der Waals surface area contributed by atoms with Gasteiger partial charge < -0.3 is 5.11 Å². The second kappa shape index (κ2) is 6.40. The molecule has 0 fully saturated rings. The van der Waals surface area contributed by atoms with Crippen LogP contribution in [-0.2, 0) is 16.8 Å². The lowest BCUT2D eigenvalue weighted by atomic mass is 10.0. The molecule has 0 spiro atoms. The minimum atomic E-state index is -0.889. The Morgan fingerprint density at radius 3 is 2.52 bits per heavy atom. The van der Waals surface area contributed by atoms with Crippen molar-refractivity contribution in [2.75, 3.05) is 0 Å². The third-order valence-corrected chi connectivity index (χ3v) is 4.66. The van der Waals surface area contributed by atoms with Gasteiger partial charge in [0.1, 0.15) is 10.8 Å². The molecule has 0 bridgehead atoms. The number of thiazole rings is 1. The van der Waals surface area contributed by atoms with Crippen molar-refractivity contribution in [2.24, 2.45) is 0 Å². The highest BCUT2D eigenvalue weighted by molar-refractivity contribution is 7.15. The van der Waals surface area contributed by atoms with E-state index in [0.717, 1.165) is 16.8 Å². The molecule has 3 aromatic rings. The van der Waals surface area contributed by atoms with Gasteiger partial charge in [0.15, 0.2) is 0 Å². The Balaban J connectivity index is 2.14. The van der Waals surface area contributed by atoms with E-state index >= 15 is 0 Å².